The molecule has 1 aliphatic heterocycles. The Balaban J connectivity index is 0.00000462. The number of pyridine rings is 2. The molecule has 3 aromatic rings. The molecular formula is C29H38FN5O4S. The molecule has 1 aliphatic rings. The van der Waals surface area contributed by atoms with Gasteiger partial charge in [-0.2, -0.15) is 8.42 Å². The molecule has 2 aromatic heterocycles. The number of hydrogen-bond acceptors (Lipinski definition) is 8. The van der Waals surface area contributed by atoms with Crippen LogP contribution < -0.4 is 20.1 Å². The van der Waals surface area contributed by atoms with Gasteiger partial charge < -0.3 is 15.4 Å². The lowest BCUT2D eigenvalue weighted by molar-refractivity contribution is 0.0981. The van der Waals surface area contributed by atoms with Gasteiger partial charge >= 0.3 is 0 Å². The Morgan fingerprint density at radius 1 is 1.18 bits per heavy atom. The predicted octanol–water partition coefficient (Wildman–Crippen LogP) is 5.14. The van der Waals surface area contributed by atoms with Crippen molar-refractivity contribution in [3.8, 4) is 17.0 Å². The van der Waals surface area contributed by atoms with E-state index in [1.165, 1.54) is 36.4 Å². The highest BCUT2D eigenvalue weighted by Gasteiger charge is 2.29. The highest BCUT2D eigenvalue weighted by atomic mass is 32.2. The Morgan fingerprint density at radius 3 is 2.65 bits per heavy atom. The first-order chi connectivity index (χ1) is 18.9. The maximum absolute atomic E-state index is 14.6. The van der Waals surface area contributed by atoms with Crippen molar-refractivity contribution in [2.45, 2.75) is 45.6 Å². The number of halogens is 1. The lowest BCUT2D eigenvalue weighted by Gasteiger charge is -2.36. The number of nitrogens with one attached hydrogen (secondary N) is 1. The third kappa shape index (κ3) is 7.07. The van der Waals surface area contributed by atoms with Crippen molar-refractivity contribution in [1.29, 1.82) is 0 Å². The molecule has 40 heavy (non-hydrogen) atoms. The molecule has 1 fully saturated rings. The number of hydrogen-bond donors (Lipinski definition) is 2. The Kier molecular flexibility index (Phi) is 8.92. The second-order valence-electron chi connectivity index (χ2n) is 10.9. The number of anilines is 2. The maximum atomic E-state index is 14.6. The Bertz CT molecular complexity index is 1490. The van der Waals surface area contributed by atoms with E-state index < -0.39 is 21.7 Å². The molecule has 0 spiro atoms. The maximum Gasteiger partial charge on any atom is 0.281 e. The first-order valence-corrected chi connectivity index (χ1v) is 14.9. The van der Waals surface area contributed by atoms with Gasteiger partial charge in [0.2, 0.25) is 0 Å². The molecule has 1 aromatic carbocycles. The normalized spacial score (nSPS) is 15.9. The Labute approximate surface area is 236 Å². The van der Waals surface area contributed by atoms with Gasteiger partial charge in [0.25, 0.3) is 15.9 Å². The van der Waals surface area contributed by atoms with Crippen LogP contribution in [0.2, 0.25) is 0 Å². The fourth-order valence-electron chi connectivity index (χ4n) is 4.64. The standard InChI is InChI=1S/C29H36FN5O4S.H2/c1-18(2)17-39-23-14-21(13-22(30)15-23)25-11-10-24(28(32-25)35-12-6-7-20(16-35)19(3)4)29(36)34-40(37,38)27-9-5-8-26(31)33-27;/h5,8-11,13-15,18-20H,6-7,12,16-17H2,1-4H3,(H2,31,33)(H,34,36);1H. The third-order valence-corrected chi connectivity index (χ3v) is 8.05. The van der Waals surface area contributed by atoms with E-state index in [1.54, 1.807) is 12.1 Å². The Morgan fingerprint density at radius 2 is 1.95 bits per heavy atom. The molecule has 0 bridgehead atoms. The van der Waals surface area contributed by atoms with E-state index in [1.807, 2.05) is 18.7 Å². The van der Waals surface area contributed by atoms with Crippen LogP contribution in [-0.4, -0.2) is 44.0 Å². The summed E-state index contributed by atoms with van der Waals surface area (Å²) in [4.78, 5) is 24.0. The average molecular weight is 572 g/mol. The number of benzene rings is 1. The number of carbonyl (C=O) groups is 1. The first-order valence-electron chi connectivity index (χ1n) is 13.4. The second kappa shape index (κ2) is 12.2. The number of nitrogens with two attached hydrogens (primary N) is 1. The topological polar surface area (TPSA) is 128 Å². The van der Waals surface area contributed by atoms with E-state index >= 15 is 0 Å². The zero-order chi connectivity index (χ0) is 29.0. The first kappa shape index (κ1) is 29.3. The molecule has 1 saturated heterocycles. The van der Waals surface area contributed by atoms with E-state index in [2.05, 4.69) is 23.6 Å². The highest BCUT2D eigenvalue weighted by molar-refractivity contribution is 7.90. The number of carbonyl (C=O) groups excluding carboxylic acids is 1. The minimum absolute atomic E-state index is 0. The third-order valence-electron chi connectivity index (χ3n) is 6.82. The molecule has 0 saturated carbocycles. The van der Waals surface area contributed by atoms with Crippen LogP contribution in [0.25, 0.3) is 11.3 Å². The summed E-state index contributed by atoms with van der Waals surface area (Å²) in [5.41, 5.74) is 6.66. The summed E-state index contributed by atoms with van der Waals surface area (Å²) >= 11 is 0. The number of piperidine rings is 1. The molecule has 0 radical (unpaired) electrons. The molecular weight excluding hydrogens is 533 g/mol. The molecule has 3 N–H and O–H groups in total. The predicted molar refractivity (Wildman–Crippen MR) is 155 cm³/mol. The number of nitrogens with zero attached hydrogens (tertiary/aromatic N) is 3. The summed E-state index contributed by atoms with van der Waals surface area (Å²) in [6, 6.07) is 11.6. The smallest absolute Gasteiger partial charge is 0.281 e. The van der Waals surface area contributed by atoms with Gasteiger partial charge in [-0.3, -0.25) is 4.79 Å². The minimum Gasteiger partial charge on any atom is -0.493 e. The summed E-state index contributed by atoms with van der Waals surface area (Å²) in [7, 11) is -4.29. The Hall–Kier alpha value is -3.73. The second-order valence-corrected chi connectivity index (χ2v) is 12.5. The number of aromatic nitrogens is 2. The van der Waals surface area contributed by atoms with Crippen LogP contribution in [-0.2, 0) is 10.0 Å². The lowest BCUT2D eigenvalue weighted by Crippen LogP contribution is -2.40. The summed E-state index contributed by atoms with van der Waals surface area (Å²) in [5, 5.41) is -0.362. The zero-order valence-corrected chi connectivity index (χ0v) is 24.0. The molecule has 9 nitrogen and oxygen atoms in total. The monoisotopic (exact) mass is 571 g/mol. The van der Waals surface area contributed by atoms with E-state index in [9.17, 15) is 17.6 Å². The average Bonchev–Trinajstić information content (AvgIpc) is 2.91. The molecule has 216 valence electrons. The number of ether oxygens (including phenoxy) is 1. The SMILES string of the molecule is CC(C)COc1cc(F)cc(-c2ccc(C(=O)NS(=O)(=O)c3cccc(N)n3)c(N3CCCC(C(C)C)C3)n2)c1.[HH]. The fourth-order valence-corrected chi connectivity index (χ4v) is 5.58. The minimum atomic E-state index is -4.29. The summed E-state index contributed by atoms with van der Waals surface area (Å²) in [6.07, 6.45) is 1.94. The van der Waals surface area contributed by atoms with Crippen molar-refractivity contribution in [2.24, 2.45) is 17.8 Å². The van der Waals surface area contributed by atoms with Crippen molar-refractivity contribution in [1.82, 2.24) is 14.7 Å². The van der Waals surface area contributed by atoms with Gasteiger partial charge in [-0.1, -0.05) is 33.8 Å². The van der Waals surface area contributed by atoms with Crippen molar-refractivity contribution in [3.63, 3.8) is 0 Å². The molecule has 1 atom stereocenters. The zero-order valence-electron chi connectivity index (χ0n) is 23.2. The largest absolute Gasteiger partial charge is 0.493 e. The van der Waals surface area contributed by atoms with Gasteiger partial charge in [-0.15, -0.1) is 0 Å². The molecule has 3 heterocycles. The van der Waals surface area contributed by atoms with Crippen LogP contribution in [0, 0.1) is 23.6 Å². The van der Waals surface area contributed by atoms with Crippen LogP contribution in [0.15, 0.2) is 53.6 Å². The van der Waals surface area contributed by atoms with E-state index in [0.717, 1.165) is 12.8 Å². The number of amides is 1. The van der Waals surface area contributed by atoms with Crippen LogP contribution in [0.1, 0.15) is 52.3 Å². The number of nitrogen functional groups attached to an aromatic ring is 1. The quantitative estimate of drug-likeness (QED) is 0.362. The molecule has 1 amide bonds. The van der Waals surface area contributed by atoms with Gasteiger partial charge in [0.15, 0.2) is 5.03 Å². The highest BCUT2D eigenvalue weighted by Crippen LogP contribution is 2.32. The van der Waals surface area contributed by atoms with Gasteiger partial charge in [0, 0.05) is 26.1 Å². The molecule has 11 heteroatoms. The van der Waals surface area contributed by atoms with Gasteiger partial charge in [-0.05, 0) is 67.0 Å². The molecule has 1 unspecified atom stereocenters. The molecule has 0 aliphatic carbocycles. The van der Waals surface area contributed by atoms with Gasteiger partial charge in [0.1, 0.15) is 23.2 Å². The van der Waals surface area contributed by atoms with Gasteiger partial charge in [-0.25, -0.2) is 19.1 Å². The lowest BCUT2D eigenvalue weighted by atomic mass is 9.88. The van der Waals surface area contributed by atoms with Crippen molar-refractivity contribution in [2.75, 3.05) is 30.3 Å². The van der Waals surface area contributed by atoms with Crippen molar-refractivity contribution in [3.05, 3.63) is 59.9 Å². The van der Waals surface area contributed by atoms with E-state index in [4.69, 9.17) is 15.5 Å². The van der Waals surface area contributed by atoms with Crippen LogP contribution in [0.5, 0.6) is 5.75 Å². The summed E-state index contributed by atoms with van der Waals surface area (Å²) in [5.74, 6) is 0.480. The van der Waals surface area contributed by atoms with E-state index in [0.29, 0.717) is 54.4 Å². The van der Waals surface area contributed by atoms with Crippen molar-refractivity contribution >= 4 is 27.6 Å². The van der Waals surface area contributed by atoms with Gasteiger partial charge in [0.05, 0.1) is 17.9 Å². The van der Waals surface area contributed by atoms with Crippen LogP contribution in [0.4, 0.5) is 16.0 Å². The van der Waals surface area contributed by atoms with Crippen LogP contribution in [0.3, 0.4) is 0 Å². The fraction of sp³-hybridized carbons (Fsp3) is 0.414. The van der Waals surface area contributed by atoms with E-state index in [-0.39, 0.29) is 23.8 Å². The summed E-state index contributed by atoms with van der Waals surface area (Å²) in [6.45, 7) is 10.1. The number of rotatable bonds is 9. The number of sulfonamides is 1. The molecule has 4 rings (SSSR count). The van der Waals surface area contributed by atoms with Crippen molar-refractivity contribution < 1.29 is 23.8 Å². The summed E-state index contributed by atoms with van der Waals surface area (Å²) < 4.78 is 48.3. The van der Waals surface area contributed by atoms with Crippen LogP contribution >= 0.6 is 0 Å².